The van der Waals surface area contributed by atoms with E-state index in [2.05, 4.69) is 47.1 Å². The van der Waals surface area contributed by atoms with Crippen molar-refractivity contribution in [2.24, 2.45) is 0 Å². The first-order chi connectivity index (χ1) is 12.2. The highest BCUT2D eigenvalue weighted by Gasteiger charge is 2.31. The summed E-state index contributed by atoms with van der Waals surface area (Å²) in [6, 6.07) is 12.6. The lowest BCUT2D eigenvalue weighted by Gasteiger charge is -2.20. The smallest absolute Gasteiger partial charge is 0.121 e. The minimum absolute atomic E-state index is 0.227. The molecule has 1 aliphatic heterocycles. The maximum Gasteiger partial charge on any atom is 0.121 e. The fourth-order valence-electron chi connectivity index (χ4n) is 3.89. The van der Waals surface area contributed by atoms with Gasteiger partial charge in [0.15, 0.2) is 0 Å². The van der Waals surface area contributed by atoms with E-state index in [9.17, 15) is 5.11 Å². The first-order valence-corrected chi connectivity index (χ1v) is 9.93. The highest BCUT2D eigenvalue weighted by Crippen LogP contribution is 2.44. The molecule has 0 saturated carbocycles. The topological polar surface area (TPSA) is 36.4 Å². The van der Waals surface area contributed by atoms with Crippen LogP contribution in [0.4, 0.5) is 5.69 Å². The number of hydrogen-bond donors (Lipinski definition) is 1. The molecule has 0 radical (unpaired) electrons. The van der Waals surface area contributed by atoms with Crippen molar-refractivity contribution >= 4 is 27.2 Å². The summed E-state index contributed by atoms with van der Waals surface area (Å²) in [5.74, 6) is 0.595. The third-order valence-corrected chi connectivity index (χ3v) is 6.04. The molecular formula is C21H24N2OS. The Bertz CT molecular complexity index is 902. The number of phenolic OH excluding ortho intramolecular Hbond substituents is 1. The molecule has 1 unspecified atom stereocenters. The van der Waals surface area contributed by atoms with E-state index >= 15 is 0 Å². The Morgan fingerprint density at radius 1 is 1.20 bits per heavy atom. The number of anilines is 1. The molecule has 1 atom stereocenters. The molecule has 0 bridgehead atoms. The fraction of sp³-hybridized carbons (Fsp3) is 0.381. The standard InChI is InChI=1S/C21H24N2OS/c1-3-4-7-10-23-13-17(15-8-5-6-9-19(15)23)16-11-21-18(12-20(16)24)22-14(2)25-21/h5-6,8-9,11-12,17,24H,3-4,7,10,13H2,1-2H3. The fourth-order valence-corrected chi connectivity index (χ4v) is 4.75. The molecule has 3 aromatic rings. The number of aromatic hydroxyl groups is 1. The van der Waals surface area contributed by atoms with Gasteiger partial charge >= 0.3 is 0 Å². The van der Waals surface area contributed by atoms with Crippen molar-refractivity contribution in [2.75, 3.05) is 18.0 Å². The molecule has 1 N–H and O–H groups in total. The number of unbranched alkanes of at least 4 members (excludes halogenated alkanes) is 2. The zero-order valence-electron chi connectivity index (χ0n) is 14.8. The van der Waals surface area contributed by atoms with Gasteiger partial charge in [0, 0.05) is 36.3 Å². The average Bonchev–Trinajstić information content (AvgIpc) is 3.14. The van der Waals surface area contributed by atoms with Crippen molar-refractivity contribution in [3.8, 4) is 5.75 Å². The second-order valence-electron chi connectivity index (χ2n) is 6.88. The maximum atomic E-state index is 10.7. The summed E-state index contributed by atoms with van der Waals surface area (Å²) < 4.78 is 1.16. The van der Waals surface area contributed by atoms with Gasteiger partial charge in [-0.05, 0) is 31.0 Å². The van der Waals surface area contributed by atoms with Crippen LogP contribution in [0.15, 0.2) is 36.4 Å². The lowest BCUT2D eigenvalue weighted by Crippen LogP contribution is -2.23. The Hall–Kier alpha value is -2.07. The number of fused-ring (bicyclic) bond motifs is 2. The van der Waals surface area contributed by atoms with E-state index in [4.69, 9.17) is 0 Å². The van der Waals surface area contributed by atoms with Crippen molar-refractivity contribution in [1.29, 1.82) is 0 Å². The predicted octanol–water partition coefficient (Wildman–Crippen LogP) is 5.45. The molecule has 3 nitrogen and oxygen atoms in total. The Morgan fingerprint density at radius 3 is 2.88 bits per heavy atom. The molecule has 0 aliphatic carbocycles. The zero-order chi connectivity index (χ0) is 17.4. The predicted molar refractivity (Wildman–Crippen MR) is 106 cm³/mol. The van der Waals surface area contributed by atoms with Crippen LogP contribution in [-0.4, -0.2) is 23.2 Å². The average molecular weight is 353 g/mol. The van der Waals surface area contributed by atoms with Crippen LogP contribution < -0.4 is 4.90 Å². The Balaban J connectivity index is 1.72. The highest BCUT2D eigenvalue weighted by atomic mass is 32.1. The lowest BCUT2D eigenvalue weighted by atomic mass is 9.92. The Kier molecular flexibility index (Phi) is 4.38. The van der Waals surface area contributed by atoms with E-state index in [1.807, 2.05) is 13.0 Å². The molecule has 4 heteroatoms. The molecule has 0 saturated heterocycles. The third kappa shape index (κ3) is 2.99. The summed E-state index contributed by atoms with van der Waals surface area (Å²) in [6.45, 7) is 6.29. The largest absolute Gasteiger partial charge is 0.508 e. The molecule has 1 aromatic heterocycles. The van der Waals surface area contributed by atoms with Crippen LogP contribution in [0.1, 0.15) is 48.2 Å². The molecule has 130 valence electrons. The van der Waals surface area contributed by atoms with E-state index in [1.54, 1.807) is 11.3 Å². The molecular weight excluding hydrogens is 328 g/mol. The van der Waals surface area contributed by atoms with Crippen molar-refractivity contribution in [3.05, 3.63) is 52.5 Å². The minimum atomic E-state index is 0.227. The van der Waals surface area contributed by atoms with Gasteiger partial charge in [-0.15, -0.1) is 11.3 Å². The summed E-state index contributed by atoms with van der Waals surface area (Å²) in [7, 11) is 0. The maximum absolute atomic E-state index is 10.7. The van der Waals surface area contributed by atoms with Crippen LogP contribution in [0.5, 0.6) is 5.75 Å². The molecule has 0 amide bonds. The van der Waals surface area contributed by atoms with E-state index in [1.165, 1.54) is 30.5 Å². The Morgan fingerprint density at radius 2 is 2.04 bits per heavy atom. The number of aryl methyl sites for hydroxylation is 1. The van der Waals surface area contributed by atoms with E-state index in [0.29, 0.717) is 5.75 Å². The monoisotopic (exact) mass is 352 g/mol. The summed E-state index contributed by atoms with van der Waals surface area (Å²) in [4.78, 5) is 6.98. The molecule has 0 spiro atoms. The molecule has 4 rings (SSSR count). The summed E-state index contributed by atoms with van der Waals surface area (Å²) in [5.41, 5.74) is 4.58. The van der Waals surface area contributed by atoms with Gasteiger partial charge in [0.1, 0.15) is 5.75 Å². The van der Waals surface area contributed by atoms with E-state index in [-0.39, 0.29) is 5.92 Å². The lowest BCUT2D eigenvalue weighted by molar-refractivity contribution is 0.466. The van der Waals surface area contributed by atoms with Crippen LogP contribution in [0.25, 0.3) is 10.2 Å². The minimum Gasteiger partial charge on any atom is -0.508 e. The second kappa shape index (κ2) is 6.68. The van der Waals surface area contributed by atoms with Gasteiger partial charge in [-0.2, -0.15) is 0 Å². The van der Waals surface area contributed by atoms with Gasteiger partial charge in [-0.3, -0.25) is 0 Å². The van der Waals surface area contributed by atoms with Crippen LogP contribution in [0.2, 0.25) is 0 Å². The highest BCUT2D eigenvalue weighted by molar-refractivity contribution is 7.18. The molecule has 0 fully saturated rings. The third-order valence-electron chi connectivity index (χ3n) is 5.11. The number of thiazole rings is 1. The van der Waals surface area contributed by atoms with Gasteiger partial charge < -0.3 is 10.0 Å². The van der Waals surface area contributed by atoms with Crippen LogP contribution in [-0.2, 0) is 0 Å². The van der Waals surface area contributed by atoms with Gasteiger partial charge in [0.05, 0.1) is 15.2 Å². The second-order valence-corrected chi connectivity index (χ2v) is 8.11. The number of hydrogen-bond acceptors (Lipinski definition) is 4. The van der Waals surface area contributed by atoms with Gasteiger partial charge in [0.2, 0.25) is 0 Å². The number of aromatic nitrogens is 1. The number of para-hydroxylation sites is 1. The van der Waals surface area contributed by atoms with Crippen LogP contribution >= 0.6 is 11.3 Å². The zero-order valence-corrected chi connectivity index (χ0v) is 15.6. The van der Waals surface area contributed by atoms with E-state index in [0.717, 1.165) is 33.9 Å². The van der Waals surface area contributed by atoms with Gasteiger partial charge in [-0.25, -0.2) is 4.98 Å². The Labute approximate surface area is 152 Å². The molecule has 2 heterocycles. The number of nitrogens with zero attached hydrogens (tertiary/aromatic N) is 2. The van der Waals surface area contributed by atoms with Crippen LogP contribution in [0.3, 0.4) is 0 Å². The SMILES string of the molecule is CCCCCN1CC(c2cc3sc(C)nc3cc2O)c2ccccc21. The van der Waals surface area contributed by atoms with Crippen molar-refractivity contribution in [1.82, 2.24) is 4.98 Å². The van der Waals surface area contributed by atoms with Crippen molar-refractivity contribution in [3.63, 3.8) is 0 Å². The van der Waals surface area contributed by atoms with Gasteiger partial charge in [-0.1, -0.05) is 38.0 Å². The summed E-state index contributed by atoms with van der Waals surface area (Å²) in [6.07, 6.45) is 3.72. The number of rotatable bonds is 5. The van der Waals surface area contributed by atoms with Crippen molar-refractivity contribution in [2.45, 2.75) is 39.0 Å². The molecule has 25 heavy (non-hydrogen) atoms. The molecule has 2 aromatic carbocycles. The molecule has 1 aliphatic rings. The number of benzene rings is 2. The quantitative estimate of drug-likeness (QED) is 0.620. The first kappa shape index (κ1) is 16.4. The van der Waals surface area contributed by atoms with Crippen LogP contribution in [0, 0.1) is 6.92 Å². The van der Waals surface area contributed by atoms with Crippen molar-refractivity contribution < 1.29 is 5.11 Å². The summed E-state index contributed by atoms with van der Waals surface area (Å²) >= 11 is 1.70. The first-order valence-electron chi connectivity index (χ1n) is 9.11. The normalized spacial score (nSPS) is 16.6. The summed E-state index contributed by atoms with van der Waals surface area (Å²) in [5, 5.41) is 11.7. The van der Waals surface area contributed by atoms with E-state index < -0.39 is 0 Å². The number of phenols is 1. The van der Waals surface area contributed by atoms with Gasteiger partial charge in [0.25, 0.3) is 0 Å².